The molecular formula is C13H13NO2S. The molecule has 0 N–H and O–H groups in total. The Balaban J connectivity index is 2.58. The summed E-state index contributed by atoms with van der Waals surface area (Å²) in [5.74, 6) is -0.387. The summed E-state index contributed by atoms with van der Waals surface area (Å²) in [4.78, 5) is 16.5. The highest BCUT2D eigenvalue weighted by atomic mass is 32.1. The van der Waals surface area contributed by atoms with E-state index in [2.05, 4.69) is 18.0 Å². The summed E-state index contributed by atoms with van der Waals surface area (Å²) in [6.45, 7) is 4.10. The molecule has 0 amide bonds. The van der Waals surface area contributed by atoms with E-state index < -0.39 is 0 Å². The zero-order valence-corrected chi connectivity index (χ0v) is 10.8. The molecule has 0 aliphatic carbocycles. The van der Waals surface area contributed by atoms with E-state index in [1.165, 1.54) is 29.6 Å². The molecule has 1 heterocycles. The predicted molar refractivity (Wildman–Crippen MR) is 68.4 cm³/mol. The lowest BCUT2D eigenvalue weighted by atomic mass is 10.0. The summed E-state index contributed by atoms with van der Waals surface area (Å²) in [5.41, 5.74) is 5.48. The fourth-order valence-corrected chi connectivity index (χ4v) is 2.54. The Hall–Kier alpha value is -1.68. The number of benzene rings is 1. The third-order valence-electron chi connectivity index (χ3n) is 2.80. The van der Waals surface area contributed by atoms with Crippen molar-refractivity contribution >= 4 is 17.3 Å². The lowest BCUT2D eigenvalue weighted by Gasteiger charge is -2.07. The van der Waals surface area contributed by atoms with Crippen LogP contribution in [0.4, 0.5) is 0 Å². The maximum atomic E-state index is 11.6. The summed E-state index contributed by atoms with van der Waals surface area (Å²) >= 11 is 1.46. The van der Waals surface area contributed by atoms with E-state index in [9.17, 15) is 4.79 Å². The molecule has 0 atom stereocenters. The first-order valence-corrected chi connectivity index (χ1v) is 6.11. The normalized spacial score (nSPS) is 10.3. The van der Waals surface area contributed by atoms with Gasteiger partial charge in [-0.05, 0) is 30.5 Å². The number of carbonyl (C=O) groups excluding carboxylic acids is 1. The van der Waals surface area contributed by atoms with E-state index in [0.29, 0.717) is 5.69 Å². The number of methoxy groups -OCH3 is 1. The molecule has 0 bridgehead atoms. The molecule has 4 heteroatoms. The van der Waals surface area contributed by atoms with Crippen molar-refractivity contribution in [3.63, 3.8) is 0 Å². The average molecular weight is 247 g/mol. The van der Waals surface area contributed by atoms with E-state index in [1.807, 2.05) is 19.1 Å². The van der Waals surface area contributed by atoms with Crippen LogP contribution in [-0.2, 0) is 4.74 Å². The van der Waals surface area contributed by atoms with Gasteiger partial charge in [0.2, 0.25) is 0 Å². The summed E-state index contributed by atoms with van der Waals surface area (Å²) in [6, 6.07) is 6.04. The summed E-state index contributed by atoms with van der Waals surface area (Å²) in [7, 11) is 1.37. The van der Waals surface area contributed by atoms with Crippen molar-refractivity contribution in [2.75, 3.05) is 7.11 Å². The molecule has 3 nitrogen and oxygen atoms in total. The van der Waals surface area contributed by atoms with Crippen molar-refractivity contribution in [3.05, 3.63) is 40.5 Å². The van der Waals surface area contributed by atoms with Crippen LogP contribution in [0.5, 0.6) is 0 Å². The van der Waals surface area contributed by atoms with Gasteiger partial charge in [0.1, 0.15) is 0 Å². The Kier molecular flexibility index (Phi) is 3.24. The van der Waals surface area contributed by atoms with Gasteiger partial charge in [-0.2, -0.15) is 0 Å². The Bertz CT molecular complexity index is 560. The van der Waals surface area contributed by atoms with Crippen LogP contribution in [0.25, 0.3) is 10.4 Å². The molecular weight excluding hydrogens is 234 g/mol. The molecule has 0 aliphatic rings. The molecule has 0 fully saturated rings. The van der Waals surface area contributed by atoms with Crippen molar-refractivity contribution in [2.45, 2.75) is 13.8 Å². The fourth-order valence-electron chi connectivity index (χ4n) is 1.68. The van der Waals surface area contributed by atoms with Gasteiger partial charge in [-0.15, -0.1) is 11.3 Å². The van der Waals surface area contributed by atoms with E-state index in [0.717, 1.165) is 10.4 Å². The molecule has 0 saturated heterocycles. The smallest absolute Gasteiger partial charge is 0.358 e. The van der Waals surface area contributed by atoms with Crippen LogP contribution in [-0.4, -0.2) is 18.1 Å². The molecule has 88 valence electrons. The number of thiazole rings is 1. The van der Waals surface area contributed by atoms with Crippen LogP contribution in [0, 0.1) is 13.8 Å². The van der Waals surface area contributed by atoms with Crippen molar-refractivity contribution in [1.29, 1.82) is 0 Å². The molecule has 2 rings (SSSR count). The molecule has 1 aromatic heterocycles. The highest BCUT2D eigenvalue weighted by molar-refractivity contribution is 7.13. The third-order valence-corrected chi connectivity index (χ3v) is 3.66. The highest BCUT2D eigenvalue weighted by Crippen LogP contribution is 2.31. The molecule has 0 spiro atoms. The van der Waals surface area contributed by atoms with E-state index in [1.54, 1.807) is 5.51 Å². The zero-order valence-electron chi connectivity index (χ0n) is 9.98. The molecule has 17 heavy (non-hydrogen) atoms. The first-order valence-electron chi connectivity index (χ1n) is 5.23. The van der Waals surface area contributed by atoms with Crippen LogP contribution < -0.4 is 0 Å². The van der Waals surface area contributed by atoms with Crippen molar-refractivity contribution in [1.82, 2.24) is 4.98 Å². The van der Waals surface area contributed by atoms with Gasteiger partial charge in [0.15, 0.2) is 5.69 Å². The van der Waals surface area contributed by atoms with Gasteiger partial charge in [-0.3, -0.25) is 0 Å². The number of ether oxygens (including phenoxy) is 1. The maximum Gasteiger partial charge on any atom is 0.358 e. The molecule has 1 aromatic carbocycles. The number of hydrogen-bond donors (Lipinski definition) is 0. The Morgan fingerprint density at radius 2 is 2.12 bits per heavy atom. The second-order valence-electron chi connectivity index (χ2n) is 3.77. The van der Waals surface area contributed by atoms with Crippen molar-refractivity contribution in [2.24, 2.45) is 0 Å². The second kappa shape index (κ2) is 4.67. The number of aryl methyl sites for hydroxylation is 1. The van der Waals surface area contributed by atoms with Crippen LogP contribution >= 0.6 is 11.3 Å². The van der Waals surface area contributed by atoms with Crippen LogP contribution in [0.1, 0.15) is 21.6 Å². The number of rotatable bonds is 2. The first kappa shape index (κ1) is 11.8. The Morgan fingerprint density at radius 1 is 1.35 bits per heavy atom. The van der Waals surface area contributed by atoms with Crippen LogP contribution in [0.15, 0.2) is 23.7 Å². The molecule has 0 unspecified atom stereocenters. The summed E-state index contributed by atoms with van der Waals surface area (Å²) in [6.07, 6.45) is 0. The average Bonchev–Trinajstić information content (AvgIpc) is 2.80. The minimum absolute atomic E-state index is 0.387. The minimum atomic E-state index is -0.387. The van der Waals surface area contributed by atoms with Crippen molar-refractivity contribution < 1.29 is 9.53 Å². The summed E-state index contributed by atoms with van der Waals surface area (Å²) < 4.78 is 4.73. The van der Waals surface area contributed by atoms with E-state index in [-0.39, 0.29) is 5.97 Å². The van der Waals surface area contributed by atoms with E-state index >= 15 is 0 Å². The molecule has 0 aliphatic heterocycles. The standard InChI is InChI=1S/C13H13NO2S/c1-8-5-4-6-10(9(8)2)12-11(13(15)16-3)14-7-17-12/h4-7H,1-3H3. The monoisotopic (exact) mass is 247 g/mol. The lowest BCUT2D eigenvalue weighted by molar-refractivity contribution is 0.0596. The number of nitrogens with zero attached hydrogens (tertiary/aromatic N) is 1. The minimum Gasteiger partial charge on any atom is -0.464 e. The van der Waals surface area contributed by atoms with Crippen LogP contribution in [0.3, 0.4) is 0 Å². The van der Waals surface area contributed by atoms with Crippen molar-refractivity contribution in [3.8, 4) is 10.4 Å². The number of aromatic nitrogens is 1. The Labute approximate surface area is 104 Å². The summed E-state index contributed by atoms with van der Waals surface area (Å²) in [5, 5.41) is 0. The van der Waals surface area contributed by atoms with Gasteiger partial charge in [-0.1, -0.05) is 18.2 Å². The van der Waals surface area contributed by atoms with Gasteiger partial charge >= 0.3 is 5.97 Å². The number of esters is 1. The lowest BCUT2D eigenvalue weighted by Crippen LogP contribution is -2.03. The Morgan fingerprint density at radius 3 is 2.82 bits per heavy atom. The van der Waals surface area contributed by atoms with Crippen LogP contribution in [0.2, 0.25) is 0 Å². The highest BCUT2D eigenvalue weighted by Gasteiger charge is 2.18. The molecule has 2 aromatic rings. The second-order valence-corrected chi connectivity index (χ2v) is 4.62. The van der Waals surface area contributed by atoms with E-state index in [4.69, 9.17) is 4.74 Å². The van der Waals surface area contributed by atoms with Gasteiger partial charge in [0.05, 0.1) is 17.5 Å². The largest absolute Gasteiger partial charge is 0.464 e. The van der Waals surface area contributed by atoms with Gasteiger partial charge in [-0.25, -0.2) is 9.78 Å². The molecule has 0 saturated carbocycles. The number of hydrogen-bond acceptors (Lipinski definition) is 4. The quantitative estimate of drug-likeness (QED) is 0.765. The zero-order chi connectivity index (χ0) is 12.4. The topological polar surface area (TPSA) is 39.2 Å². The SMILES string of the molecule is COC(=O)c1ncsc1-c1cccc(C)c1C. The van der Waals surface area contributed by atoms with Gasteiger partial charge in [0.25, 0.3) is 0 Å². The van der Waals surface area contributed by atoms with Gasteiger partial charge in [0, 0.05) is 0 Å². The third kappa shape index (κ3) is 2.08. The maximum absolute atomic E-state index is 11.6. The van der Waals surface area contributed by atoms with Gasteiger partial charge < -0.3 is 4.74 Å². The first-order chi connectivity index (χ1) is 8.15. The number of carbonyl (C=O) groups is 1. The fraction of sp³-hybridized carbons (Fsp3) is 0.231. The molecule has 0 radical (unpaired) electrons. The predicted octanol–water partition coefficient (Wildman–Crippen LogP) is 3.21.